The summed E-state index contributed by atoms with van der Waals surface area (Å²) in [5.41, 5.74) is 1.25. The van der Waals surface area contributed by atoms with Gasteiger partial charge in [-0.15, -0.1) is 0 Å². The fourth-order valence-corrected chi connectivity index (χ4v) is 5.91. The number of ether oxygens (including phenoxy) is 1. The van der Waals surface area contributed by atoms with Crippen molar-refractivity contribution in [2.24, 2.45) is 0 Å². The molecule has 8 nitrogen and oxygen atoms in total. The van der Waals surface area contributed by atoms with E-state index in [0.717, 1.165) is 35.8 Å². The standard InChI is InChI=1S/C24H22N4O4S/c1-13(29)26-15-10-16-5-6-17(11-15)28(16)23(30)20-9-14-4-7-18(12-19(14)32-20)31-24-27-22-21(33-24)3-2-8-25-22/h2-4,7-9,12,15-17H,5-6,10-11H2,1H3,(H,26,29)/t15?,16-,17+. The van der Waals surface area contributed by atoms with Crippen LogP contribution in [-0.2, 0) is 4.79 Å². The first-order valence-corrected chi connectivity index (χ1v) is 11.9. The molecule has 2 fully saturated rings. The number of amides is 2. The molecule has 6 rings (SSSR count). The summed E-state index contributed by atoms with van der Waals surface area (Å²) in [5, 5.41) is 4.36. The number of pyridine rings is 1. The van der Waals surface area contributed by atoms with Gasteiger partial charge in [-0.2, -0.15) is 4.98 Å². The number of nitrogens with one attached hydrogen (secondary N) is 1. The summed E-state index contributed by atoms with van der Waals surface area (Å²) in [4.78, 5) is 35.4. The highest BCUT2D eigenvalue weighted by Crippen LogP contribution is 2.38. The van der Waals surface area contributed by atoms with Crippen molar-refractivity contribution in [3.63, 3.8) is 0 Å². The minimum absolute atomic E-state index is 0.0170. The molecular formula is C24H22N4O4S. The molecule has 3 atom stereocenters. The Morgan fingerprint density at radius 1 is 1.18 bits per heavy atom. The number of hydrogen-bond acceptors (Lipinski definition) is 7. The summed E-state index contributed by atoms with van der Waals surface area (Å²) in [5.74, 6) is 0.823. The van der Waals surface area contributed by atoms with Gasteiger partial charge in [-0.1, -0.05) is 11.3 Å². The highest BCUT2D eigenvalue weighted by atomic mass is 32.1. The Hall–Kier alpha value is -3.46. The second-order valence-electron chi connectivity index (χ2n) is 8.68. The minimum Gasteiger partial charge on any atom is -0.451 e. The number of aromatic nitrogens is 2. The fraction of sp³-hybridized carbons (Fsp3) is 0.333. The van der Waals surface area contributed by atoms with E-state index in [2.05, 4.69) is 15.3 Å². The van der Waals surface area contributed by atoms with E-state index in [1.165, 1.54) is 11.3 Å². The molecule has 0 saturated carbocycles. The summed E-state index contributed by atoms with van der Waals surface area (Å²) in [6, 6.07) is 11.5. The predicted molar refractivity (Wildman–Crippen MR) is 124 cm³/mol. The van der Waals surface area contributed by atoms with E-state index in [-0.39, 0.29) is 29.9 Å². The lowest BCUT2D eigenvalue weighted by atomic mass is 9.97. The van der Waals surface area contributed by atoms with Crippen LogP contribution in [0.5, 0.6) is 10.9 Å². The third-order valence-corrected chi connectivity index (χ3v) is 7.32. The van der Waals surface area contributed by atoms with Crippen molar-refractivity contribution in [3.8, 4) is 10.9 Å². The number of piperidine rings is 1. The first-order chi connectivity index (χ1) is 16.0. The Morgan fingerprint density at radius 3 is 2.76 bits per heavy atom. The largest absolute Gasteiger partial charge is 0.451 e. The van der Waals surface area contributed by atoms with Gasteiger partial charge in [0.15, 0.2) is 11.4 Å². The van der Waals surface area contributed by atoms with Crippen molar-refractivity contribution < 1.29 is 18.7 Å². The summed E-state index contributed by atoms with van der Waals surface area (Å²) in [6.45, 7) is 1.54. The van der Waals surface area contributed by atoms with Gasteiger partial charge in [0.25, 0.3) is 11.1 Å². The predicted octanol–water partition coefficient (Wildman–Crippen LogP) is 4.50. The molecule has 2 amide bonds. The van der Waals surface area contributed by atoms with Crippen LogP contribution in [0.25, 0.3) is 21.3 Å². The second kappa shape index (κ2) is 7.84. The van der Waals surface area contributed by atoms with Gasteiger partial charge in [0.2, 0.25) is 5.91 Å². The number of carbonyl (C=O) groups is 2. The first-order valence-electron chi connectivity index (χ1n) is 11.1. The molecule has 9 heteroatoms. The summed E-state index contributed by atoms with van der Waals surface area (Å²) in [7, 11) is 0. The number of nitrogens with zero attached hydrogens (tertiary/aromatic N) is 3. The molecule has 5 heterocycles. The molecule has 1 N–H and O–H groups in total. The molecule has 0 aliphatic carbocycles. The van der Waals surface area contributed by atoms with Crippen molar-refractivity contribution in [1.82, 2.24) is 20.2 Å². The summed E-state index contributed by atoms with van der Waals surface area (Å²) >= 11 is 1.42. The molecule has 3 aromatic heterocycles. The Labute approximate surface area is 193 Å². The van der Waals surface area contributed by atoms with Crippen molar-refractivity contribution in [3.05, 3.63) is 48.4 Å². The second-order valence-corrected chi connectivity index (χ2v) is 9.68. The number of hydrogen-bond donors (Lipinski definition) is 1. The van der Waals surface area contributed by atoms with Gasteiger partial charge in [-0.3, -0.25) is 9.59 Å². The van der Waals surface area contributed by atoms with Crippen LogP contribution in [0.15, 0.2) is 47.0 Å². The third kappa shape index (κ3) is 3.72. The lowest BCUT2D eigenvalue weighted by Gasteiger charge is -2.38. The van der Waals surface area contributed by atoms with Gasteiger partial charge in [0.1, 0.15) is 11.3 Å². The molecule has 2 aliphatic heterocycles. The van der Waals surface area contributed by atoms with Crippen LogP contribution in [0.1, 0.15) is 43.2 Å². The zero-order chi connectivity index (χ0) is 22.5. The lowest BCUT2D eigenvalue weighted by Crippen LogP contribution is -2.52. The number of thiazole rings is 1. The van der Waals surface area contributed by atoms with E-state index < -0.39 is 0 Å². The number of fused-ring (bicyclic) bond motifs is 4. The molecular weight excluding hydrogens is 440 g/mol. The van der Waals surface area contributed by atoms with Crippen LogP contribution in [-0.4, -0.2) is 44.8 Å². The Bertz CT molecular complexity index is 1330. The molecule has 168 valence electrons. The molecule has 2 bridgehead atoms. The van der Waals surface area contributed by atoms with E-state index >= 15 is 0 Å². The Morgan fingerprint density at radius 2 is 2.00 bits per heavy atom. The zero-order valence-electron chi connectivity index (χ0n) is 18.0. The van der Waals surface area contributed by atoms with Crippen LogP contribution in [0.4, 0.5) is 0 Å². The Balaban J connectivity index is 1.22. The van der Waals surface area contributed by atoms with E-state index in [1.54, 1.807) is 25.3 Å². The first kappa shape index (κ1) is 20.2. The highest BCUT2D eigenvalue weighted by Gasteiger charge is 2.44. The number of benzene rings is 1. The Kier molecular flexibility index (Phi) is 4.79. The number of carbonyl (C=O) groups excluding carboxylic acids is 2. The fourth-order valence-electron chi connectivity index (χ4n) is 5.12. The quantitative estimate of drug-likeness (QED) is 0.480. The van der Waals surface area contributed by atoms with Crippen molar-refractivity contribution in [2.75, 3.05) is 0 Å². The number of furan rings is 1. The van der Waals surface area contributed by atoms with Crippen LogP contribution in [0, 0.1) is 0 Å². The normalized spacial score (nSPS) is 22.1. The van der Waals surface area contributed by atoms with Gasteiger partial charge >= 0.3 is 0 Å². The smallest absolute Gasteiger partial charge is 0.290 e. The maximum Gasteiger partial charge on any atom is 0.290 e. The van der Waals surface area contributed by atoms with Crippen LogP contribution in [0.2, 0.25) is 0 Å². The molecule has 33 heavy (non-hydrogen) atoms. The maximum absolute atomic E-state index is 13.3. The van der Waals surface area contributed by atoms with Crippen molar-refractivity contribution in [2.45, 2.75) is 50.7 Å². The third-order valence-electron chi connectivity index (χ3n) is 6.43. The van der Waals surface area contributed by atoms with E-state index in [1.807, 2.05) is 29.2 Å². The zero-order valence-corrected chi connectivity index (χ0v) is 18.8. The minimum atomic E-state index is -0.0836. The van der Waals surface area contributed by atoms with Gasteiger partial charge in [-0.05, 0) is 56.0 Å². The average Bonchev–Trinajstić information content (AvgIpc) is 3.46. The lowest BCUT2D eigenvalue weighted by molar-refractivity contribution is -0.120. The number of rotatable bonds is 4. The molecule has 0 radical (unpaired) electrons. The molecule has 0 spiro atoms. The van der Waals surface area contributed by atoms with E-state index in [0.29, 0.717) is 27.9 Å². The van der Waals surface area contributed by atoms with Crippen LogP contribution < -0.4 is 10.1 Å². The van der Waals surface area contributed by atoms with Gasteiger partial charge in [0.05, 0.1) is 4.70 Å². The van der Waals surface area contributed by atoms with Crippen LogP contribution in [0.3, 0.4) is 0 Å². The molecule has 1 aromatic carbocycles. The summed E-state index contributed by atoms with van der Waals surface area (Å²) in [6.07, 6.45) is 5.20. The topological polar surface area (TPSA) is 97.6 Å². The molecule has 1 unspecified atom stereocenters. The SMILES string of the molecule is CC(=O)NC1C[C@H]2CC[C@@H](C1)N2C(=O)c1cc2ccc(Oc3nc4ncccc4s3)cc2o1. The monoisotopic (exact) mass is 462 g/mol. The molecule has 4 aromatic rings. The van der Waals surface area contributed by atoms with Crippen molar-refractivity contribution in [1.29, 1.82) is 0 Å². The van der Waals surface area contributed by atoms with Gasteiger partial charge in [0, 0.05) is 42.7 Å². The highest BCUT2D eigenvalue weighted by molar-refractivity contribution is 7.20. The molecule has 2 aliphatic rings. The van der Waals surface area contributed by atoms with Gasteiger partial charge in [-0.25, -0.2) is 4.98 Å². The van der Waals surface area contributed by atoms with E-state index in [9.17, 15) is 9.59 Å². The van der Waals surface area contributed by atoms with Crippen LogP contribution >= 0.6 is 11.3 Å². The average molecular weight is 463 g/mol. The maximum atomic E-state index is 13.3. The van der Waals surface area contributed by atoms with Crippen molar-refractivity contribution >= 4 is 44.5 Å². The summed E-state index contributed by atoms with van der Waals surface area (Å²) < 4.78 is 12.8. The molecule has 2 saturated heterocycles. The van der Waals surface area contributed by atoms with Gasteiger partial charge < -0.3 is 19.4 Å². The van der Waals surface area contributed by atoms with E-state index in [4.69, 9.17) is 9.15 Å².